The zero-order valence-electron chi connectivity index (χ0n) is 19.0. The number of rotatable bonds is 6. The molecule has 4 rings (SSSR count). The van der Waals surface area contributed by atoms with Crippen LogP contribution in [0.25, 0.3) is 11.4 Å². The molecule has 3 aromatic rings. The third kappa shape index (κ3) is 4.48. The number of carbonyl (C=O) groups excluding carboxylic acids is 1. The normalized spacial score (nSPS) is 15.5. The number of para-hydroxylation sites is 1. The third-order valence-corrected chi connectivity index (χ3v) is 5.89. The average molecular weight is 442 g/mol. The van der Waals surface area contributed by atoms with Crippen LogP contribution in [0.1, 0.15) is 31.5 Å². The van der Waals surface area contributed by atoms with E-state index in [1.54, 1.807) is 10.9 Å². The van der Waals surface area contributed by atoms with Gasteiger partial charge in [0, 0.05) is 41.8 Å². The molecular formula is C26H27N5O2. The number of nitrogens with one attached hydrogen (secondary N) is 2. The first-order valence-corrected chi connectivity index (χ1v) is 10.9. The van der Waals surface area contributed by atoms with Crippen molar-refractivity contribution in [3.63, 3.8) is 0 Å². The number of anilines is 2. The van der Waals surface area contributed by atoms with Crippen molar-refractivity contribution in [3.05, 3.63) is 88.4 Å². The fourth-order valence-corrected chi connectivity index (χ4v) is 3.94. The summed E-state index contributed by atoms with van der Waals surface area (Å²) in [6, 6.07) is 16.7. The first-order chi connectivity index (χ1) is 15.8. The predicted molar refractivity (Wildman–Crippen MR) is 132 cm³/mol. The summed E-state index contributed by atoms with van der Waals surface area (Å²) in [4.78, 5) is 27.2. The van der Waals surface area contributed by atoms with Gasteiger partial charge in [0.15, 0.2) is 5.69 Å². The van der Waals surface area contributed by atoms with Crippen molar-refractivity contribution >= 4 is 29.2 Å². The Kier molecular flexibility index (Phi) is 5.96. The molecule has 2 heterocycles. The van der Waals surface area contributed by atoms with Crippen LogP contribution < -0.4 is 15.6 Å². The lowest BCUT2D eigenvalue weighted by Gasteiger charge is -2.21. The SMILES string of the molecule is Cc1cc(N2CCC(C)(C)C2=O)ccc1-n1ccc(=O)c(/C(=C/C=N)Nc2ccccc2)n1. The van der Waals surface area contributed by atoms with Crippen LogP contribution in [-0.4, -0.2) is 28.4 Å². The smallest absolute Gasteiger partial charge is 0.232 e. The van der Waals surface area contributed by atoms with Gasteiger partial charge < -0.3 is 15.6 Å². The van der Waals surface area contributed by atoms with E-state index in [-0.39, 0.29) is 22.4 Å². The van der Waals surface area contributed by atoms with Crippen LogP contribution in [0.5, 0.6) is 0 Å². The third-order valence-electron chi connectivity index (χ3n) is 5.89. The van der Waals surface area contributed by atoms with Gasteiger partial charge in [0.1, 0.15) is 0 Å². The topological polar surface area (TPSA) is 91.1 Å². The zero-order chi connectivity index (χ0) is 23.6. The molecule has 0 bridgehead atoms. The van der Waals surface area contributed by atoms with E-state index in [1.807, 2.05) is 74.2 Å². The maximum Gasteiger partial charge on any atom is 0.232 e. The van der Waals surface area contributed by atoms with Crippen molar-refractivity contribution in [2.24, 2.45) is 5.41 Å². The maximum absolute atomic E-state index is 12.7. The molecule has 0 spiro atoms. The summed E-state index contributed by atoms with van der Waals surface area (Å²) >= 11 is 0. The van der Waals surface area contributed by atoms with Gasteiger partial charge >= 0.3 is 0 Å². The Morgan fingerprint density at radius 1 is 1.12 bits per heavy atom. The minimum absolute atomic E-state index is 0.131. The minimum Gasteiger partial charge on any atom is -0.354 e. The van der Waals surface area contributed by atoms with E-state index in [2.05, 4.69) is 10.4 Å². The molecule has 2 N–H and O–H groups in total. The van der Waals surface area contributed by atoms with Crippen LogP contribution in [-0.2, 0) is 4.79 Å². The molecule has 0 radical (unpaired) electrons. The summed E-state index contributed by atoms with van der Waals surface area (Å²) in [5.41, 5.74) is 3.46. The van der Waals surface area contributed by atoms with Crippen molar-refractivity contribution < 1.29 is 4.79 Å². The summed E-state index contributed by atoms with van der Waals surface area (Å²) < 4.78 is 1.65. The highest BCUT2D eigenvalue weighted by Gasteiger charge is 2.39. The maximum atomic E-state index is 12.7. The van der Waals surface area contributed by atoms with E-state index in [4.69, 9.17) is 5.41 Å². The Morgan fingerprint density at radius 3 is 2.52 bits per heavy atom. The summed E-state index contributed by atoms with van der Waals surface area (Å²) in [5, 5.41) is 15.3. The van der Waals surface area contributed by atoms with Gasteiger partial charge in [-0.1, -0.05) is 32.0 Å². The Morgan fingerprint density at radius 2 is 1.88 bits per heavy atom. The molecule has 1 saturated heterocycles. The van der Waals surface area contributed by atoms with Gasteiger partial charge in [0.05, 0.1) is 11.4 Å². The fraction of sp³-hybridized carbons (Fsp3) is 0.231. The summed E-state index contributed by atoms with van der Waals surface area (Å²) in [5.74, 6) is 0.131. The fourth-order valence-electron chi connectivity index (χ4n) is 3.94. The lowest BCUT2D eigenvalue weighted by atomic mass is 9.92. The molecule has 2 aromatic carbocycles. The monoisotopic (exact) mass is 441 g/mol. The zero-order valence-corrected chi connectivity index (χ0v) is 19.0. The predicted octanol–water partition coefficient (Wildman–Crippen LogP) is 4.41. The number of aromatic nitrogens is 2. The van der Waals surface area contributed by atoms with Crippen LogP contribution in [0, 0.1) is 17.7 Å². The first-order valence-electron chi connectivity index (χ1n) is 10.9. The molecule has 1 fully saturated rings. The number of amides is 1. The van der Waals surface area contributed by atoms with E-state index in [9.17, 15) is 9.59 Å². The van der Waals surface area contributed by atoms with Gasteiger partial charge in [0.25, 0.3) is 0 Å². The second kappa shape index (κ2) is 8.86. The molecule has 168 valence electrons. The first kappa shape index (κ1) is 22.2. The standard InChI is InChI=1S/C26H27N5O2/c1-18-17-20(30-16-13-26(2,3)25(30)33)9-10-22(18)31-15-12-23(32)24(29-31)21(11-14-27)28-19-7-5-4-6-8-19/h4-12,14-15,17,27-28H,13,16H2,1-3H3/b21-11-,27-14?. The van der Waals surface area contributed by atoms with Crippen LogP contribution in [0.2, 0.25) is 0 Å². The molecule has 1 amide bonds. The van der Waals surface area contributed by atoms with Crippen LogP contribution in [0.3, 0.4) is 0 Å². The molecular weight excluding hydrogens is 414 g/mol. The van der Waals surface area contributed by atoms with Gasteiger partial charge in [-0.25, -0.2) is 4.68 Å². The summed E-state index contributed by atoms with van der Waals surface area (Å²) in [6.07, 6.45) is 5.09. The highest BCUT2D eigenvalue weighted by Crippen LogP contribution is 2.34. The van der Waals surface area contributed by atoms with Crippen molar-refractivity contribution in [2.75, 3.05) is 16.8 Å². The highest BCUT2D eigenvalue weighted by atomic mass is 16.2. The number of hydrogen-bond donors (Lipinski definition) is 2. The minimum atomic E-state index is -0.342. The molecule has 0 atom stereocenters. The van der Waals surface area contributed by atoms with Gasteiger partial charge in [-0.2, -0.15) is 5.10 Å². The number of aryl methyl sites for hydroxylation is 1. The number of allylic oxidation sites excluding steroid dienone is 1. The van der Waals surface area contributed by atoms with Crippen LogP contribution in [0.15, 0.2) is 71.7 Å². The van der Waals surface area contributed by atoms with E-state index in [0.717, 1.165) is 35.3 Å². The van der Waals surface area contributed by atoms with Crippen LogP contribution >= 0.6 is 0 Å². The quantitative estimate of drug-likeness (QED) is 0.555. The number of carbonyl (C=O) groups is 1. The molecule has 1 aliphatic heterocycles. The van der Waals surface area contributed by atoms with Crippen molar-refractivity contribution in [1.29, 1.82) is 5.41 Å². The lowest BCUT2D eigenvalue weighted by molar-refractivity contribution is -0.123. The van der Waals surface area contributed by atoms with Gasteiger partial charge in [-0.05, 0) is 55.3 Å². The molecule has 1 aromatic heterocycles. The van der Waals surface area contributed by atoms with Crippen molar-refractivity contribution in [1.82, 2.24) is 9.78 Å². The largest absolute Gasteiger partial charge is 0.354 e. The number of benzene rings is 2. The second-order valence-corrected chi connectivity index (χ2v) is 8.77. The number of hydrogen-bond acceptors (Lipinski definition) is 5. The summed E-state index contributed by atoms with van der Waals surface area (Å²) in [7, 11) is 0. The lowest BCUT2D eigenvalue weighted by Crippen LogP contribution is -2.30. The molecule has 7 heteroatoms. The molecule has 1 aliphatic rings. The Hall–Kier alpha value is -4.00. The van der Waals surface area contributed by atoms with Crippen molar-refractivity contribution in [3.8, 4) is 5.69 Å². The Bertz CT molecular complexity index is 1290. The van der Waals surface area contributed by atoms with E-state index in [0.29, 0.717) is 12.2 Å². The Balaban J connectivity index is 1.69. The molecule has 0 unspecified atom stereocenters. The Labute approximate surface area is 192 Å². The van der Waals surface area contributed by atoms with Crippen molar-refractivity contribution in [2.45, 2.75) is 27.2 Å². The van der Waals surface area contributed by atoms with Gasteiger partial charge in [0.2, 0.25) is 11.3 Å². The van der Waals surface area contributed by atoms with E-state index >= 15 is 0 Å². The van der Waals surface area contributed by atoms with E-state index in [1.165, 1.54) is 12.1 Å². The van der Waals surface area contributed by atoms with Gasteiger partial charge in [-0.15, -0.1) is 0 Å². The van der Waals surface area contributed by atoms with Gasteiger partial charge in [-0.3, -0.25) is 9.59 Å². The summed E-state index contributed by atoms with van der Waals surface area (Å²) in [6.45, 7) is 6.62. The highest BCUT2D eigenvalue weighted by molar-refractivity contribution is 5.99. The molecule has 33 heavy (non-hydrogen) atoms. The molecule has 7 nitrogen and oxygen atoms in total. The number of nitrogens with zero attached hydrogens (tertiary/aromatic N) is 3. The molecule has 0 saturated carbocycles. The second-order valence-electron chi connectivity index (χ2n) is 8.77. The van der Waals surface area contributed by atoms with Crippen LogP contribution in [0.4, 0.5) is 11.4 Å². The van der Waals surface area contributed by atoms with E-state index < -0.39 is 0 Å². The average Bonchev–Trinajstić information content (AvgIpc) is 3.07. The molecule has 0 aliphatic carbocycles.